The van der Waals surface area contributed by atoms with E-state index in [-0.39, 0.29) is 5.69 Å². The lowest BCUT2D eigenvalue weighted by Gasteiger charge is -2.11. The first-order valence-electron chi connectivity index (χ1n) is 10.0. The van der Waals surface area contributed by atoms with Crippen LogP contribution in [0.25, 0.3) is 16.3 Å². The van der Waals surface area contributed by atoms with E-state index in [1.165, 1.54) is 16.0 Å². The van der Waals surface area contributed by atoms with Gasteiger partial charge in [0.05, 0.1) is 22.9 Å². The summed E-state index contributed by atoms with van der Waals surface area (Å²) in [7, 11) is 0. The highest BCUT2D eigenvalue weighted by Gasteiger charge is 2.20. The Hall–Kier alpha value is -3.91. The second kappa shape index (κ2) is 9.93. The minimum Gasteiger partial charge on any atom is -0.492 e. The Morgan fingerprint density at radius 3 is 2.56 bits per heavy atom. The first-order chi connectivity index (χ1) is 15.7. The van der Waals surface area contributed by atoms with Gasteiger partial charge in [0.1, 0.15) is 11.4 Å². The van der Waals surface area contributed by atoms with E-state index in [1.807, 2.05) is 60.8 Å². The standard InChI is InChI=1S/C24H21N3O4S/c1-2-30-21-12-7-6-11-18(21)25-23(28)16-31-24(29)20-15-19(22-13-8-14-32-22)26-27(20)17-9-4-3-5-10-17/h3-15H,2,16H2,1H3,(H,25,28). The molecule has 0 spiro atoms. The molecule has 4 rings (SSSR count). The average Bonchev–Trinajstić information content (AvgIpc) is 3.50. The van der Waals surface area contributed by atoms with Crippen molar-refractivity contribution in [3.8, 4) is 22.0 Å². The van der Waals surface area contributed by atoms with Gasteiger partial charge in [0.25, 0.3) is 5.91 Å². The molecule has 0 bridgehead atoms. The van der Waals surface area contributed by atoms with Gasteiger partial charge in [-0.05, 0) is 42.6 Å². The normalized spacial score (nSPS) is 10.5. The third-order valence-electron chi connectivity index (χ3n) is 4.49. The van der Waals surface area contributed by atoms with Crippen molar-refractivity contribution in [1.82, 2.24) is 9.78 Å². The van der Waals surface area contributed by atoms with Crippen LogP contribution < -0.4 is 10.1 Å². The number of carbonyl (C=O) groups excluding carboxylic acids is 2. The van der Waals surface area contributed by atoms with Crippen molar-refractivity contribution in [2.75, 3.05) is 18.5 Å². The maximum Gasteiger partial charge on any atom is 0.357 e. The first-order valence-corrected chi connectivity index (χ1v) is 10.9. The molecule has 0 radical (unpaired) electrons. The highest BCUT2D eigenvalue weighted by atomic mass is 32.1. The minimum absolute atomic E-state index is 0.238. The van der Waals surface area contributed by atoms with Crippen molar-refractivity contribution in [2.45, 2.75) is 6.92 Å². The molecule has 2 aromatic carbocycles. The Morgan fingerprint density at radius 2 is 1.81 bits per heavy atom. The Balaban J connectivity index is 1.50. The van der Waals surface area contributed by atoms with E-state index < -0.39 is 18.5 Å². The van der Waals surface area contributed by atoms with Gasteiger partial charge in [-0.15, -0.1) is 11.3 Å². The summed E-state index contributed by atoms with van der Waals surface area (Å²) in [5, 5.41) is 9.24. The van der Waals surface area contributed by atoms with Gasteiger partial charge < -0.3 is 14.8 Å². The molecular weight excluding hydrogens is 426 g/mol. The first kappa shape index (κ1) is 21.3. The highest BCUT2D eigenvalue weighted by molar-refractivity contribution is 7.13. The molecule has 32 heavy (non-hydrogen) atoms. The molecule has 4 aromatic rings. The predicted octanol–water partition coefficient (Wildman–Crippen LogP) is 4.80. The van der Waals surface area contributed by atoms with Crippen molar-refractivity contribution in [2.24, 2.45) is 0 Å². The second-order valence-electron chi connectivity index (χ2n) is 6.69. The van der Waals surface area contributed by atoms with Gasteiger partial charge in [0.15, 0.2) is 12.3 Å². The number of ether oxygens (including phenoxy) is 2. The van der Waals surface area contributed by atoms with E-state index >= 15 is 0 Å². The number of hydrogen-bond donors (Lipinski definition) is 1. The molecule has 2 heterocycles. The number of anilines is 1. The number of carbonyl (C=O) groups is 2. The summed E-state index contributed by atoms with van der Waals surface area (Å²) in [6, 6.07) is 21.9. The van der Waals surface area contributed by atoms with Crippen LogP contribution in [-0.4, -0.2) is 34.9 Å². The number of aromatic nitrogens is 2. The Labute approximate surface area is 189 Å². The molecule has 0 aliphatic heterocycles. The summed E-state index contributed by atoms with van der Waals surface area (Å²) >= 11 is 1.53. The Kier molecular flexibility index (Phi) is 6.62. The predicted molar refractivity (Wildman–Crippen MR) is 123 cm³/mol. The van der Waals surface area contributed by atoms with Crippen LogP contribution in [0.3, 0.4) is 0 Å². The lowest BCUT2D eigenvalue weighted by atomic mass is 10.3. The molecule has 0 unspecified atom stereocenters. The second-order valence-corrected chi connectivity index (χ2v) is 7.64. The van der Waals surface area contributed by atoms with E-state index in [0.29, 0.717) is 23.7 Å². The summed E-state index contributed by atoms with van der Waals surface area (Å²) in [6.45, 7) is 1.90. The number of esters is 1. The van der Waals surface area contributed by atoms with Gasteiger partial charge >= 0.3 is 5.97 Å². The fourth-order valence-electron chi connectivity index (χ4n) is 3.08. The van der Waals surface area contributed by atoms with E-state index in [9.17, 15) is 9.59 Å². The maximum absolute atomic E-state index is 12.9. The van der Waals surface area contributed by atoms with Crippen LogP contribution in [0.1, 0.15) is 17.4 Å². The quantitative estimate of drug-likeness (QED) is 0.393. The molecule has 162 valence electrons. The minimum atomic E-state index is -0.641. The molecule has 0 saturated heterocycles. The fourth-order valence-corrected chi connectivity index (χ4v) is 3.76. The lowest BCUT2D eigenvalue weighted by molar-refractivity contribution is -0.119. The Morgan fingerprint density at radius 1 is 1.03 bits per heavy atom. The van der Waals surface area contributed by atoms with Crippen LogP contribution >= 0.6 is 11.3 Å². The van der Waals surface area contributed by atoms with Crippen molar-refractivity contribution >= 4 is 28.9 Å². The molecule has 0 fully saturated rings. The molecule has 1 amide bonds. The molecule has 0 aliphatic carbocycles. The summed E-state index contributed by atoms with van der Waals surface area (Å²) < 4.78 is 12.3. The number of thiophene rings is 1. The van der Waals surface area contributed by atoms with Crippen LogP contribution in [0.15, 0.2) is 78.2 Å². The Bertz CT molecular complexity index is 1200. The van der Waals surface area contributed by atoms with Crippen LogP contribution in [0.5, 0.6) is 5.75 Å². The van der Waals surface area contributed by atoms with Crippen molar-refractivity contribution in [1.29, 1.82) is 0 Å². The number of para-hydroxylation sites is 3. The van der Waals surface area contributed by atoms with Gasteiger partial charge in [0.2, 0.25) is 0 Å². The van der Waals surface area contributed by atoms with Crippen LogP contribution in [0, 0.1) is 0 Å². The molecule has 0 saturated carbocycles. The average molecular weight is 448 g/mol. The van der Waals surface area contributed by atoms with E-state index in [0.717, 1.165) is 10.6 Å². The zero-order valence-electron chi connectivity index (χ0n) is 17.4. The van der Waals surface area contributed by atoms with Gasteiger partial charge in [-0.2, -0.15) is 5.10 Å². The van der Waals surface area contributed by atoms with E-state index in [4.69, 9.17) is 9.47 Å². The van der Waals surface area contributed by atoms with E-state index in [1.54, 1.807) is 24.3 Å². The molecule has 2 aromatic heterocycles. The SMILES string of the molecule is CCOc1ccccc1NC(=O)COC(=O)c1cc(-c2cccs2)nn1-c1ccccc1. The van der Waals surface area contributed by atoms with Gasteiger partial charge in [-0.25, -0.2) is 9.48 Å². The zero-order chi connectivity index (χ0) is 22.3. The van der Waals surface area contributed by atoms with Crippen LogP contribution in [0.2, 0.25) is 0 Å². The monoisotopic (exact) mass is 447 g/mol. The molecule has 0 atom stereocenters. The lowest BCUT2D eigenvalue weighted by Crippen LogP contribution is -2.22. The van der Waals surface area contributed by atoms with Crippen LogP contribution in [0.4, 0.5) is 5.69 Å². The number of nitrogens with zero attached hydrogens (tertiary/aromatic N) is 2. The number of benzene rings is 2. The summed E-state index contributed by atoms with van der Waals surface area (Å²) in [5.74, 6) is -0.551. The number of rotatable bonds is 8. The molecule has 1 N–H and O–H groups in total. The molecular formula is C24H21N3O4S. The molecule has 8 heteroatoms. The summed E-state index contributed by atoms with van der Waals surface area (Å²) in [6.07, 6.45) is 0. The topological polar surface area (TPSA) is 82.4 Å². The van der Waals surface area contributed by atoms with Crippen molar-refractivity contribution < 1.29 is 19.1 Å². The van der Waals surface area contributed by atoms with Gasteiger partial charge in [-0.1, -0.05) is 36.4 Å². The summed E-state index contributed by atoms with van der Waals surface area (Å²) in [4.78, 5) is 26.2. The van der Waals surface area contributed by atoms with Gasteiger partial charge in [0, 0.05) is 6.07 Å². The highest BCUT2D eigenvalue weighted by Crippen LogP contribution is 2.26. The number of amides is 1. The molecule has 0 aliphatic rings. The third-order valence-corrected chi connectivity index (χ3v) is 5.38. The fraction of sp³-hybridized carbons (Fsp3) is 0.125. The zero-order valence-corrected chi connectivity index (χ0v) is 18.2. The number of nitrogens with one attached hydrogen (secondary N) is 1. The molecule has 7 nitrogen and oxygen atoms in total. The smallest absolute Gasteiger partial charge is 0.357 e. The number of hydrogen-bond acceptors (Lipinski definition) is 6. The largest absolute Gasteiger partial charge is 0.492 e. The maximum atomic E-state index is 12.9. The third kappa shape index (κ3) is 4.87. The van der Waals surface area contributed by atoms with Crippen LogP contribution in [-0.2, 0) is 9.53 Å². The van der Waals surface area contributed by atoms with E-state index in [2.05, 4.69) is 10.4 Å². The van der Waals surface area contributed by atoms with Crippen molar-refractivity contribution in [3.63, 3.8) is 0 Å². The van der Waals surface area contributed by atoms with Gasteiger partial charge in [-0.3, -0.25) is 4.79 Å². The summed E-state index contributed by atoms with van der Waals surface area (Å²) in [5.41, 5.74) is 2.13. The van der Waals surface area contributed by atoms with Crippen molar-refractivity contribution in [3.05, 3.63) is 83.9 Å².